The minimum Gasteiger partial charge on any atom is -0.508 e. The quantitative estimate of drug-likeness (QED) is 0.739. The Morgan fingerprint density at radius 1 is 0.828 bits per heavy atom. The number of hydrogen-bond donors (Lipinski definition) is 3. The number of morpholine rings is 1. The molecule has 1 aliphatic rings. The average Bonchev–Trinajstić information content (AvgIpc) is 2.62. The second-order valence-electron chi connectivity index (χ2n) is 10.3. The summed E-state index contributed by atoms with van der Waals surface area (Å²) < 4.78 is 5.61. The number of hydrogen-bond acceptors (Lipinski definition) is 3. The summed E-state index contributed by atoms with van der Waals surface area (Å²) in [5.41, 5.74) is 3.86. The van der Waals surface area contributed by atoms with Crippen LogP contribution < -0.4 is 4.90 Å². The zero-order valence-electron chi connectivity index (χ0n) is 18.7. The van der Waals surface area contributed by atoms with Gasteiger partial charge in [0.1, 0.15) is 30.6 Å². The van der Waals surface area contributed by atoms with Crippen molar-refractivity contribution >= 4 is 0 Å². The third-order valence-electron chi connectivity index (χ3n) is 5.83. The van der Waals surface area contributed by atoms with Crippen LogP contribution in [0.3, 0.4) is 0 Å². The van der Waals surface area contributed by atoms with Crippen LogP contribution in [0.5, 0.6) is 11.5 Å². The molecule has 158 valence electrons. The highest BCUT2D eigenvalue weighted by molar-refractivity contribution is 5.51. The third kappa shape index (κ3) is 4.76. The predicted octanol–water partition coefficient (Wildman–Crippen LogP) is 3.70. The molecular weight excluding hydrogens is 362 g/mol. The maximum Gasteiger partial charge on any atom is 0.139 e. The number of ether oxygens (including phenoxy) is 1. The number of phenolic OH excluding ortho intramolecular Hbond substituents is 2. The molecule has 0 amide bonds. The van der Waals surface area contributed by atoms with E-state index < -0.39 is 0 Å². The minimum atomic E-state index is -0.177. The zero-order chi connectivity index (χ0) is 21.4. The summed E-state index contributed by atoms with van der Waals surface area (Å²) in [7, 11) is 0. The second-order valence-corrected chi connectivity index (χ2v) is 10.3. The second kappa shape index (κ2) is 8.00. The van der Waals surface area contributed by atoms with Crippen molar-refractivity contribution in [2.24, 2.45) is 0 Å². The Labute approximate surface area is 175 Å². The maximum absolute atomic E-state index is 11.1. The van der Waals surface area contributed by atoms with Gasteiger partial charge in [0, 0.05) is 22.3 Å². The summed E-state index contributed by atoms with van der Waals surface area (Å²) in [6.45, 7) is 16.2. The molecule has 4 heteroatoms. The fourth-order valence-corrected chi connectivity index (χ4v) is 4.26. The Hall–Kier alpha value is -2.04. The summed E-state index contributed by atoms with van der Waals surface area (Å²) in [4.78, 5) is 1.42. The zero-order valence-corrected chi connectivity index (χ0v) is 18.7. The molecule has 0 saturated carbocycles. The molecule has 1 aliphatic heterocycles. The van der Waals surface area contributed by atoms with Crippen molar-refractivity contribution in [1.29, 1.82) is 0 Å². The predicted molar refractivity (Wildman–Crippen MR) is 117 cm³/mol. The summed E-state index contributed by atoms with van der Waals surface area (Å²) in [6, 6.07) is 12.0. The lowest BCUT2D eigenvalue weighted by Gasteiger charge is -2.34. The fourth-order valence-electron chi connectivity index (χ4n) is 4.26. The van der Waals surface area contributed by atoms with Crippen LogP contribution in [0, 0.1) is 0 Å². The average molecular weight is 399 g/mol. The van der Waals surface area contributed by atoms with E-state index in [4.69, 9.17) is 4.74 Å². The summed E-state index contributed by atoms with van der Waals surface area (Å²) in [6.07, 6.45) is 0. The molecule has 0 spiro atoms. The first-order valence-electron chi connectivity index (χ1n) is 10.6. The van der Waals surface area contributed by atoms with Gasteiger partial charge in [-0.25, -0.2) is 0 Å². The summed E-state index contributed by atoms with van der Waals surface area (Å²) >= 11 is 0. The number of aromatic hydroxyl groups is 2. The van der Waals surface area contributed by atoms with Crippen LogP contribution in [-0.4, -0.2) is 36.5 Å². The molecule has 0 aromatic heterocycles. The van der Waals surface area contributed by atoms with Crippen LogP contribution in [0.4, 0.5) is 0 Å². The summed E-state index contributed by atoms with van der Waals surface area (Å²) in [5.74, 6) is 0.686. The number of quaternary nitrogens is 1. The number of rotatable bonds is 3. The Morgan fingerprint density at radius 3 is 1.86 bits per heavy atom. The van der Waals surface area contributed by atoms with Crippen molar-refractivity contribution in [3.63, 3.8) is 0 Å². The van der Waals surface area contributed by atoms with Gasteiger partial charge < -0.3 is 19.8 Å². The molecular formula is C25H36NO3+. The van der Waals surface area contributed by atoms with Crippen LogP contribution >= 0.6 is 0 Å². The van der Waals surface area contributed by atoms with Gasteiger partial charge in [0.05, 0.1) is 13.2 Å². The van der Waals surface area contributed by atoms with Crippen molar-refractivity contribution in [3.8, 4) is 11.5 Å². The molecule has 1 atom stereocenters. The van der Waals surface area contributed by atoms with Crippen LogP contribution in [0.25, 0.3) is 0 Å². The van der Waals surface area contributed by atoms with Crippen molar-refractivity contribution in [2.75, 3.05) is 26.3 Å². The van der Waals surface area contributed by atoms with Gasteiger partial charge in [0.25, 0.3) is 0 Å². The highest BCUT2D eigenvalue weighted by Gasteiger charge is 2.33. The molecule has 3 N–H and O–H groups in total. The van der Waals surface area contributed by atoms with Gasteiger partial charge in [0.2, 0.25) is 0 Å². The van der Waals surface area contributed by atoms with Crippen molar-refractivity contribution in [2.45, 2.75) is 58.4 Å². The van der Waals surface area contributed by atoms with Gasteiger partial charge in [-0.05, 0) is 35.1 Å². The minimum absolute atomic E-state index is 0.0776. The van der Waals surface area contributed by atoms with E-state index in [0.29, 0.717) is 5.75 Å². The van der Waals surface area contributed by atoms with E-state index in [1.807, 2.05) is 12.1 Å². The molecule has 0 radical (unpaired) electrons. The lowest BCUT2D eigenvalue weighted by Crippen LogP contribution is -3.14. The maximum atomic E-state index is 11.1. The smallest absolute Gasteiger partial charge is 0.139 e. The molecule has 29 heavy (non-hydrogen) atoms. The largest absolute Gasteiger partial charge is 0.508 e. The molecule has 4 nitrogen and oxygen atoms in total. The molecule has 1 saturated heterocycles. The number of phenols is 2. The lowest BCUT2D eigenvalue weighted by molar-refractivity contribution is -0.933. The van der Waals surface area contributed by atoms with E-state index in [9.17, 15) is 10.2 Å². The Morgan fingerprint density at radius 2 is 1.38 bits per heavy atom. The van der Waals surface area contributed by atoms with E-state index >= 15 is 0 Å². The van der Waals surface area contributed by atoms with E-state index in [2.05, 4.69) is 59.7 Å². The van der Waals surface area contributed by atoms with Gasteiger partial charge >= 0.3 is 0 Å². The molecule has 0 bridgehead atoms. The Kier molecular flexibility index (Phi) is 5.98. The molecule has 3 rings (SSSR count). The molecule has 2 aromatic rings. The van der Waals surface area contributed by atoms with E-state index in [0.717, 1.165) is 43.0 Å². The van der Waals surface area contributed by atoms with Crippen molar-refractivity contribution < 1.29 is 19.8 Å². The van der Waals surface area contributed by atoms with Crippen LogP contribution in [0.15, 0.2) is 36.4 Å². The van der Waals surface area contributed by atoms with Gasteiger partial charge in [-0.2, -0.15) is 0 Å². The third-order valence-corrected chi connectivity index (χ3v) is 5.83. The van der Waals surface area contributed by atoms with Crippen LogP contribution in [-0.2, 0) is 15.6 Å². The molecule has 1 heterocycles. The number of benzene rings is 2. The van der Waals surface area contributed by atoms with E-state index in [1.54, 1.807) is 6.07 Å². The first-order chi connectivity index (χ1) is 13.5. The first-order valence-corrected chi connectivity index (χ1v) is 10.6. The topological polar surface area (TPSA) is 54.1 Å². The van der Waals surface area contributed by atoms with Gasteiger partial charge in [-0.1, -0.05) is 53.7 Å². The standard InChI is InChI=1S/C25H35NO3/c1-24(2,3)20-15-18(16-21(23(20)28)25(4,5)6)22(26-10-12-29-13-11-26)17-8-7-9-19(27)14-17/h7-9,14-16,22,27-28H,10-13H2,1-6H3/p+1/t22-/m1/s1. The molecule has 2 aromatic carbocycles. The monoisotopic (exact) mass is 398 g/mol. The first kappa shape index (κ1) is 21.7. The van der Waals surface area contributed by atoms with Crippen LogP contribution in [0.1, 0.15) is 69.8 Å². The van der Waals surface area contributed by atoms with Crippen molar-refractivity contribution in [1.82, 2.24) is 0 Å². The Balaban J connectivity index is 2.24. The Bertz CT molecular complexity index is 820. The van der Waals surface area contributed by atoms with Gasteiger partial charge in [-0.15, -0.1) is 0 Å². The van der Waals surface area contributed by atoms with Gasteiger partial charge in [-0.3, -0.25) is 0 Å². The SMILES string of the molecule is CC(C)(C)c1cc([C@@H](c2cccc(O)c2)[NH+]2CCOCC2)cc(C(C)(C)C)c1O. The fraction of sp³-hybridized carbons (Fsp3) is 0.520. The normalized spacial score (nSPS) is 17.3. The van der Waals surface area contributed by atoms with Gasteiger partial charge in [0.15, 0.2) is 0 Å². The van der Waals surface area contributed by atoms with E-state index in [-0.39, 0.29) is 22.6 Å². The molecule has 0 aliphatic carbocycles. The van der Waals surface area contributed by atoms with Crippen LogP contribution in [0.2, 0.25) is 0 Å². The number of nitrogens with one attached hydrogen (secondary N) is 1. The molecule has 0 unspecified atom stereocenters. The van der Waals surface area contributed by atoms with Crippen molar-refractivity contribution in [3.05, 3.63) is 58.7 Å². The highest BCUT2D eigenvalue weighted by Crippen LogP contribution is 2.41. The van der Waals surface area contributed by atoms with E-state index in [1.165, 1.54) is 10.5 Å². The lowest BCUT2D eigenvalue weighted by atomic mass is 9.77. The highest BCUT2D eigenvalue weighted by atomic mass is 16.5. The summed E-state index contributed by atoms with van der Waals surface area (Å²) in [5, 5.41) is 21.3. The molecule has 1 fully saturated rings.